The van der Waals surface area contributed by atoms with Crippen molar-refractivity contribution in [1.29, 1.82) is 0 Å². The number of H-pyrrole nitrogens is 1. The molecule has 5 aromatic carbocycles. The molecule has 1 nitrogen and oxygen atoms in total. The third-order valence-corrected chi connectivity index (χ3v) is 7.35. The number of nitrogens with one attached hydrogen (secondary N) is 1. The molecule has 2 heteroatoms. The Labute approximate surface area is 177 Å². The van der Waals surface area contributed by atoms with E-state index in [-0.39, 0.29) is 0 Å². The van der Waals surface area contributed by atoms with Crippen molar-refractivity contribution >= 4 is 64.1 Å². The maximum absolute atomic E-state index is 3.76. The van der Waals surface area contributed by atoms with Crippen LogP contribution < -0.4 is 0 Å². The lowest BCUT2D eigenvalue weighted by Crippen LogP contribution is -1.81. The van der Waals surface area contributed by atoms with Gasteiger partial charge in [0.15, 0.2) is 0 Å². The van der Waals surface area contributed by atoms with E-state index in [0.29, 0.717) is 0 Å². The van der Waals surface area contributed by atoms with Gasteiger partial charge in [0.1, 0.15) is 0 Å². The second-order valence-electron chi connectivity index (χ2n) is 7.87. The molecule has 140 valence electrons. The summed E-state index contributed by atoms with van der Waals surface area (Å²) in [5.74, 6) is 0. The summed E-state index contributed by atoms with van der Waals surface area (Å²) < 4.78 is 2.68. The lowest BCUT2D eigenvalue weighted by molar-refractivity contribution is 1.56. The first-order valence-corrected chi connectivity index (χ1v) is 11.0. The van der Waals surface area contributed by atoms with E-state index < -0.39 is 0 Å². The second-order valence-corrected chi connectivity index (χ2v) is 8.96. The summed E-state index contributed by atoms with van der Waals surface area (Å²) >= 11 is 1.87. The molecule has 7 aromatic rings. The van der Waals surface area contributed by atoms with Gasteiger partial charge < -0.3 is 4.98 Å². The van der Waals surface area contributed by atoms with Gasteiger partial charge in [0, 0.05) is 36.5 Å². The minimum atomic E-state index is 1.19. The van der Waals surface area contributed by atoms with Crippen molar-refractivity contribution in [1.82, 2.24) is 4.98 Å². The topological polar surface area (TPSA) is 15.8 Å². The van der Waals surface area contributed by atoms with E-state index in [1.165, 1.54) is 63.9 Å². The molecule has 0 atom stereocenters. The Morgan fingerprint density at radius 1 is 0.567 bits per heavy atom. The number of hydrogen-bond acceptors (Lipinski definition) is 1. The number of fused-ring (bicyclic) bond motifs is 8. The minimum Gasteiger partial charge on any atom is -0.354 e. The standard InChI is InChI=1S/C28H17NS/c1-2-8-19-17(6-1)7-5-10-20(19)18-12-13-21-22-14-15-26-27(28(22)29-24(21)16-18)23-9-3-4-11-25(23)30-26/h1-16,29H. The van der Waals surface area contributed by atoms with Gasteiger partial charge in [-0.1, -0.05) is 78.9 Å². The van der Waals surface area contributed by atoms with Crippen LogP contribution in [0.4, 0.5) is 0 Å². The predicted molar refractivity (Wildman–Crippen MR) is 132 cm³/mol. The molecule has 0 saturated carbocycles. The van der Waals surface area contributed by atoms with Crippen LogP contribution in [-0.4, -0.2) is 4.98 Å². The van der Waals surface area contributed by atoms with Crippen molar-refractivity contribution < 1.29 is 0 Å². The maximum atomic E-state index is 3.76. The molecule has 0 aliphatic carbocycles. The Bertz CT molecular complexity index is 1740. The van der Waals surface area contributed by atoms with Crippen LogP contribution in [0.15, 0.2) is 97.1 Å². The summed E-state index contributed by atoms with van der Waals surface area (Å²) in [5, 5.41) is 7.83. The molecule has 0 fully saturated rings. The first-order valence-electron chi connectivity index (χ1n) is 10.2. The Hall–Kier alpha value is -3.62. The Morgan fingerprint density at radius 2 is 1.37 bits per heavy atom. The highest BCUT2D eigenvalue weighted by molar-refractivity contribution is 7.26. The summed E-state index contributed by atoms with van der Waals surface area (Å²) in [4.78, 5) is 3.76. The van der Waals surface area contributed by atoms with E-state index in [9.17, 15) is 0 Å². The zero-order valence-corrected chi connectivity index (χ0v) is 17.0. The number of thiophene rings is 1. The number of aromatic nitrogens is 1. The third kappa shape index (κ3) is 2.17. The average Bonchev–Trinajstić information content (AvgIpc) is 3.36. The molecule has 0 saturated heterocycles. The van der Waals surface area contributed by atoms with E-state index in [1.54, 1.807) is 0 Å². The van der Waals surface area contributed by atoms with Gasteiger partial charge in [-0.25, -0.2) is 0 Å². The van der Waals surface area contributed by atoms with Gasteiger partial charge in [0.05, 0.1) is 5.52 Å². The van der Waals surface area contributed by atoms with Gasteiger partial charge in [0.25, 0.3) is 0 Å². The molecule has 0 radical (unpaired) electrons. The van der Waals surface area contributed by atoms with Crippen molar-refractivity contribution in [3.63, 3.8) is 0 Å². The number of rotatable bonds is 1. The van der Waals surface area contributed by atoms with E-state index in [2.05, 4.69) is 102 Å². The number of benzene rings is 5. The van der Waals surface area contributed by atoms with Crippen LogP contribution in [0.25, 0.3) is 63.9 Å². The summed E-state index contributed by atoms with van der Waals surface area (Å²) in [5.41, 5.74) is 4.96. The molecule has 0 aliphatic heterocycles. The van der Waals surface area contributed by atoms with Gasteiger partial charge >= 0.3 is 0 Å². The van der Waals surface area contributed by atoms with Gasteiger partial charge in [0.2, 0.25) is 0 Å². The zero-order valence-electron chi connectivity index (χ0n) is 16.1. The highest BCUT2D eigenvalue weighted by atomic mass is 32.1. The summed E-state index contributed by atoms with van der Waals surface area (Å²) in [6.45, 7) is 0. The van der Waals surface area contributed by atoms with Crippen LogP contribution in [0.5, 0.6) is 0 Å². The van der Waals surface area contributed by atoms with Crippen LogP contribution in [-0.2, 0) is 0 Å². The summed E-state index contributed by atoms with van der Waals surface area (Å²) in [6, 6.07) is 35.2. The van der Waals surface area contributed by atoms with E-state index in [1.807, 2.05) is 11.3 Å². The van der Waals surface area contributed by atoms with E-state index in [0.717, 1.165) is 0 Å². The summed E-state index contributed by atoms with van der Waals surface area (Å²) in [7, 11) is 0. The van der Waals surface area contributed by atoms with E-state index >= 15 is 0 Å². The second kappa shape index (κ2) is 5.94. The molecule has 0 bridgehead atoms. The number of aromatic amines is 1. The van der Waals surface area contributed by atoms with Gasteiger partial charge in [-0.3, -0.25) is 0 Å². The first-order chi connectivity index (χ1) is 14.9. The maximum Gasteiger partial charge on any atom is 0.0559 e. The fourth-order valence-corrected chi connectivity index (χ4v) is 5.95. The van der Waals surface area contributed by atoms with Crippen molar-refractivity contribution in [3.8, 4) is 11.1 Å². The Kier molecular flexibility index (Phi) is 3.21. The quantitative estimate of drug-likeness (QED) is 0.285. The molecule has 30 heavy (non-hydrogen) atoms. The monoisotopic (exact) mass is 399 g/mol. The normalized spacial score (nSPS) is 12.0. The smallest absolute Gasteiger partial charge is 0.0559 e. The van der Waals surface area contributed by atoms with E-state index in [4.69, 9.17) is 0 Å². The van der Waals surface area contributed by atoms with Crippen molar-refractivity contribution in [3.05, 3.63) is 97.1 Å². The van der Waals surface area contributed by atoms with Crippen molar-refractivity contribution in [2.45, 2.75) is 0 Å². The zero-order chi connectivity index (χ0) is 19.7. The summed E-state index contributed by atoms with van der Waals surface area (Å²) in [6.07, 6.45) is 0. The molecule has 2 heterocycles. The van der Waals surface area contributed by atoms with Crippen LogP contribution in [0.2, 0.25) is 0 Å². The fraction of sp³-hybridized carbons (Fsp3) is 0. The molecule has 2 aromatic heterocycles. The third-order valence-electron chi connectivity index (χ3n) is 6.21. The van der Waals surface area contributed by atoms with Gasteiger partial charge in [-0.15, -0.1) is 11.3 Å². The van der Waals surface area contributed by atoms with Crippen LogP contribution in [0.3, 0.4) is 0 Å². The molecule has 0 aliphatic rings. The highest BCUT2D eigenvalue weighted by Crippen LogP contribution is 2.41. The fourth-order valence-electron chi connectivity index (χ4n) is 4.83. The van der Waals surface area contributed by atoms with Gasteiger partial charge in [-0.2, -0.15) is 0 Å². The Balaban J connectivity index is 1.55. The predicted octanol–water partition coefficient (Wildman–Crippen LogP) is 8.51. The lowest BCUT2D eigenvalue weighted by atomic mass is 9.97. The van der Waals surface area contributed by atoms with Crippen LogP contribution >= 0.6 is 11.3 Å². The average molecular weight is 400 g/mol. The lowest BCUT2D eigenvalue weighted by Gasteiger charge is -2.07. The SMILES string of the molecule is c1ccc2c(-c3ccc4c(c3)[nH]c3c4ccc4sc5ccccc5c43)cccc2c1. The number of hydrogen-bond donors (Lipinski definition) is 1. The Morgan fingerprint density at radius 3 is 2.33 bits per heavy atom. The molecule has 0 amide bonds. The highest BCUT2D eigenvalue weighted by Gasteiger charge is 2.13. The minimum absolute atomic E-state index is 1.19. The van der Waals surface area contributed by atoms with Crippen LogP contribution in [0, 0.1) is 0 Å². The molecule has 0 spiro atoms. The molecule has 1 N–H and O–H groups in total. The molecular formula is C28H17NS. The first kappa shape index (κ1) is 16.2. The largest absolute Gasteiger partial charge is 0.354 e. The van der Waals surface area contributed by atoms with Crippen LogP contribution in [0.1, 0.15) is 0 Å². The van der Waals surface area contributed by atoms with Crippen molar-refractivity contribution in [2.75, 3.05) is 0 Å². The molecule has 7 rings (SSSR count). The van der Waals surface area contributed by atoms with Gasteiger partial charge in [-0.05, 0) is 40.1 Å². The van der Waals surface area contributed by atoms with Crippen molar-refractivity contribution in [2.24, 2.45) is 0 Å². The molecular weight excluding hydrogens is 382 g/mol. The molecule has 0 unspecified atom stereocenters.